The molecule has 196 valence electrons. The van der Waals surface area contributed by atoms with Gasteiger partial charge in [0.2, 0.25) is 5.89 Å². The molecular formula is C32H29N3O3S. The van der Waals surface area contributed by atoms with Crippen LogP contribution in [0.3, 0.4) is 0 Å². The molecule has 0 bridgehead atoms. The fourth-order valence-electron chi connectivity index (χ4n) is 5.12. The number of pyridine rings is 1. The maximum Gasteiger partial charge on any atom is 0.339 e. The molecule has 1 aliphatic rings. The molecule has 0 amide bonds. The number of carbonyl (C=O) groups excluding carboxylic acids is 1. The van der Waals surface area contributed by atoms with Gasteiger partial charge in [0.15, 0.2) is 6.61 Å². The zero-order chi connectivity index (χ0) is 27.0. The average molecular weight is 536 g/mol. The van der Waals surface area contributed by atoms with Crippen molar-refractivity contribution in [2.45, 2.75) is 40.2 Å². The summed E-state index contributed by atoms with van der Waals surface area (Å²) in [6.07, 6.45) is 3.88. The van der Waals surface area contributed by atoms with E-state index in [1.807, 2.05) is 54.6 Å². The number of hydrogen-bond donors (Lipinski definition) is 0. The van der Waals surface area contributed by atoms with E-state index in [0.717, 1.165) is 46.1 Å². The number of rotatable bonds is 5. The highest BCUT2D eigenvalue weighted by atomic mass is 32.1. The summed E-state index contributed by atoms with van der Waals surface area (Å²) >= 11 is 1.70. The van der Waals surface area contributed by atoms with Crippen molar-refractivity contribution in [1.29, 1.82) is 0 Å². The molecule has 0 N–H and O–H groups in total. The number of carbonyl (C=O) groups is 1. The minimum atomic E-state index is -0.408. The van der Waals surface area contributed by atoms with Gasteiger partial charge in [0.1, 0.15) is 0 Å². The van der Waals surface area contributed by atoms with Gasteiger partial charge >= 0.3 is 5.97 Å². The van der Waals surface area contributed by atoms with Crippen molar-refractivity contribution in [3.8, 4) is 11.5 Å². The number of para-hydroxylation sites is 1. The third kappa shape index (κ3) is 5.14. The van der Waals surface area contributed by atoms with Crippen LogP contribution in [0.2, 0.25) is 0 Å². The van der Waals surface area contributed by atoms with Crippen molar-refractivity contribution in [3.05, 3.63) is 99.7 Å². The van der Waals surface area contributed by atoms with Crippen LogP contribution in [0.15, 0.2) is 76.5 Å². The lowest BCUT2D eigenvalue weighted by molar-refractivity contribution is 0.0438. The first-order chi connectivity index (χ1) is 18.9. The molecule has 0 spiro atoms. The van der Waals surface area contributed by atoms with Crippen molar-refractivity contribution in [1.82, 2.24) is 15.2 Å². The minimum Gasteiger partial charge on any atom is -0.452 e. The first kappa shape index (κ1) is 25.2. The normalized spacial score (nSPS) is 16.4. The van der Waals surface area contributed by atoms with Crippen LogP contribution in [0.4, 0.5) is 0 Å². The molecule has 0 fully saturated rings. The van der Waals surface area contributed by atoms with Gasteiger partial charge in [0.25, 0.3) is 5.89 Å². The monoisotopic (exact) mass is 535 g/mol. The summed E-state index contributed by atoms with van der Waals surface area (Å²) < 4.78 is 11.6. The molecule has 7 heteroatoms. The highest BCUT2D eigenvalue weighted by molar-refractivity contribution is 7.10. The van der Waals surface area contributed by atoms with Crippen LogP contribution in [-0.2, 0) is 17.8 Å². The van der Waals surface area contributed by atoms with Crippen LogP contribution in [0.5, 0.6) is 0 Å². The van der Waals surface area contributed by atoms with E-state index in [0.29, 0.717) is 17.4 Å². The Morgan fingerprint density at radius 1 is 1.03 bits per heavy atom. The Bertz CT molecular complexity index is 1660. The fourth-order valence-corrected chi connectivity index (χ4v) is 5.80. The number of hydrogen-bond acceptors (Lipinski definition) is 7. The Balaban J connectivity index is 1.39. The number of aromatic nitrogens is 3. The highest BCUT2D eigenvalue weighted by Crippen LogP contribution is 2.45. The smallest absolute Gasteiger partial charge is 0.339 e. The second-order valence-electron chi connectivity index (χ2n) is 10.9. The summed E-state index contributed by atoms with van der Waals surface area (Å²) in [5, 5.41) is 11.1. The lowest BCUT2D eigenvalue weighted by Crippen LogP contribution is -2.28. The van der Waals surface area contributed by atoms with Gasteiger partial charge in [-0.3, -0.25) is 0 Å². The topological polar surface area (TPSA) is 78.1 Å². The molecule has 0 saturated heterocycles. The largest absolute Gasteiger partial charge is 0.452 e. The first-order valence-electron chi connectivity index (χ1n) is 13.1. The second-order valence-corrected chi connectivity index (χ2v) is 11.9. The number of allylic oxidation sites excluding steroid dienone is 1. The maximum absolute atomic E-state index is 13.8. The molecule has 0 saturated carbocycles. The van der Waals surface area contributed by atoms with Gasteiger partial charge in [0, 0.05) is 15.8 Å². The van der Waals surface area contributed by atoms with E-state index in [4.69, 9.17) is 14.1 Å². The Kier molecular flexibility index (Phi) is 6.61. The zero-order valence-corrected chi connectivity index (χ0v) is 23.0. The molecule has 39 heavy (non-hydrogen) atoms. The van der Waals surface area contributed by atoms with Crippen LogP contribution in [-0.4, -0.2) is 21.2 Å². The highest BCUT2D eigenvalue weighted by Gasteiger charge is 2.35. The quantitative estimate of drug-likeness (QED) is 0.213. The Morgan fingerprint density at radius 2 is 1.82 bits per heavy atom. The van der Waals surface area contributed by atoms with E-state index < -0.39 is 5.97 Å². The average Bonchev–Trinajstić information content (AvgIpc) is 3.63. The van der Waals surface area contributed by atoms with Crippen LogP contribution >= 0.6 is 11.3 Å². The minimum absolute atomic E-state index is 0.0522. The van der Waals surface area contributed by atoms with Crippen LogP contribution in [0.1, 0.15) is 59.6 Å². The first-order valence-corrected chi connectivity index (χ1v) is 14.0. The van der Waals surface area contributed by atoms with Gasteiger partial charge in [-0.1, -0.05) is 63.2 Å². The Hall–Kier alpha value is -4.10. The van der Waals surface area contributed by atoms with Gasteiger partial charge < -0.3 is 9.15 Å². The summed E-state index contributed by atoms with van der Waals surface area (Å²) in [6, 6.07) is 21.5. The molecule has 0 radical (unpaired) electrons. The molecule has 5 aromatic rings. The number of esters is 1. The maximum atomic E-state index is 13.8. The molecule has 6 nitrogen and oxygen atoms in total. The summed E-state index contributed by atoms with van der Waals surface area (Å²) in [5.74, 6) is 0.578. The lowest BCUT2D eigenvalue weighted by Gasteiger charge is -2.36. The van der Waals surface area contributed by atoms with E-state index in [1.54, 1.807) is 11.3 Å². The molecule has 3 aromatic heterocycles. The molecular weight excluding hydrogens is 506 g/mol. The van der Waals surface area contributed by atoms with Crippen molar-refractivity contribution in [3.63, 3.8) is 0 Å². The molecule has 1 atom stereocenters. The molecule has 3 heterocycles. The number of fused-ring (bicyclic) bond motifs is 2. The van der Waals surface area contributed by atoms with E-state index in [2.05, 4.69) is 54.6 Å². The van der Waals surface area contributed by atoms with Gasteiger partial charge in [0.05, 0.1) is 16.8 Å². The van der Waals surface area contributed by atoms with Gasteiger partial charge in [-0.05, 0) is 71.0 Å². The second kappa shape index (κ2) is 10.2. The van der Waals surface area contributed by atoms with Gasteiger partial charge in [-0.15, -0.1) is 21.5 Å². The summed E-state index contributed by atoms with van der Waals surface area (Å²) in [5.41, 5.74) is 5.21. The number of thiophene rings is 1. The molecule has 0 aliphatic heterocycles. The fraction of sp³-hybridized carbons (Fsp3) is 0.250. The SMILES string of the molecule is CC(C)(C)[C@H]1C/C(=C/c2cccs2)c2nc3ccccc3c(C(=O)OCc3nnc(-c4ccccc4)o3)c2C1. The van der Waals surface area contributed by atoms with E-state index >= 15 is 0 Å². The number of benzene rings is 2. The summed E-state index contributed by atoms with van der Waals surface area (Å²) in [6.45, 7) is 6.68. The number of ether oxygens (including phenoxy) is 1. The van der Waals surface area contributed by atoms with Crippen LogP contribution < -0.4 is 0 Å². The molecule has 2 aromatic carbocycles. The molecule has 6 rings (SSSR count). The standard InChI is InChI=1S/C32H29N3O3S/c1-32(2,3)22-16-21(17-23-12-9-15-39-23)29-25(18-22)28(24-13-7-8-14-26(24)33-29)31(36)37-19-27-34-35-30(38-27)20-10-5-4-6-11-20/h4-15,17,22H,16,18-19H2,1-3H3/b21-17-/t22-/m0/s1. The molecule has 1 aliphatic carbocycles. The van der Waals surface area contributed by atoms with Crippen LogP contribution in [0, 0.1) is 11.3 Å². The van der Waals surface area contributed by atoms with E-state index in [9.17, 15) is 4.79 Å². The van der Waals surface area contributed by atoms with Crippen molar-refractivity contribution in [2.24, 2.45) is 11.3 Å². The zero-order valence-electron chi connectivity index (χ0n) is 22.2. The van der Waals surface area contributed by atoms with E-state index in [-0.39, 0.29) is 17.9 Å². The predicted octanol–water partition coefficient (Wildman–Crippen LogP) is 7.85. The summed E-state index contributed by atoms with van der Waals surface area (Å²) in [7, 11) is 0. The van der Waals surface area contributed by atoms with Gasteiger partial charge in [-0.25, -0.2) is 9.78 Å². The van der Waals surface area contributed by atoms with Gasteiger partial charge in [-0.2, -0.15) is 0 Å². The third-order valence-electron chi connectivity index (χ3n) is 7.32. The lowest BCUT2D eigenvalue weighted by atomic mass is 9.69. The predicted molar refractivity (Wildman–Crippen MR) is 154 cm³/mol. The third-order valence-corrected chi connectivity index (χ3v) is 8.14. The Labute approximate surface area is 231 Å². The molecule has 0 unspecified atom stereocenters. The summed E-state index contributed by atoms with van der Waals surface area (Å²) in [4.78, 5) is 20.1. The van der Waals surface area contributed by atoms with Crippen molar-refractivity contribution in [2.75, 3.05) is 0 Å². The van der Waals surface area contributed by atoms with E-state index in [1.165, 1.54) is 4.88 Å². The van der Waals surface area contributed by atoms with Crippen molar-refractivity contribution < 1.29 is 13.9 Å². The Morgan fingerprint density at radius 3 is 2.59 bits per heavy atom. The van der Waals surface area contributed by atoms with Crippen LogP contribution in [0.25, 0.3) is 34.0 Å². The van der Waals surface area contributed by atoms with Crippen molar-refractivity contribution >= 4 is 39.9 Å². The number of nitrogens with zero attached hydrogens (tertiary/aromatic N) is 3.